The third-order valence-electron chi connectivity index (χ3n) is 5.09. The number of benzene rings is 2. The van der Waals surface area contributed by atoms with Crippen LogP contribution in [-0.4, -0.2) is 43.9 Å². The van der Waals surface area contributed by atoms with Gasteiger partial charge in [-0.25, -0.2) is 0 Å². The molecule has 3 rings (SSSR count). The maximum absolute atomic E-state index is 12.9. The molecule has 0 heterocycles. The molecule has 8 heteroatoms. The van der Waals surface area contributed by atoms with Crippen LogP contribution in [0.4, 0.5) is 13.2 Å². The first-order valence-corrected chi connectivity index (χ1v) is 10.1. The van der Waals surface area contributed by atoms with Gasteiger partial charge in [0.15, 0.2) is 18.1 Å². The number of nitrogens with zero attached hydrogens (tertiary/aromatic N) is 1. The fourth-order valence-corrected chi connectivity index (χ4v) is 3.37. The minimum atomic E-state index is -4.43. The molecule has 0 N–H and O–H groups in total. The molecule has 1 aliphatic rings. The summed E-state index contributed by atoms with van der Waals surface area (Å²) >= 11 is 0. The highest BCUT2D eigenvalue weighted by molar-refractivity contribution is 5.77. The monoisotopic (exact) mass is 437 g/mol. The normalized spacial score (nSPS) is 13.6. The van der Waals surface area contributed by atoms with Crippen molar-refractivity contribution in [3.8, 4) is 17.2 Å². The number of hydrogen-bond acceptors (Lipinski definition) is 4. The van der Waals surface area contributed by atoms with Crippen LogP contribution in [0.15, 0.2) is 42.5 Å². The summed E-state index contributed by atoms with van der Waals surface area (Å²) in [5.74, 6) is 1.01. The van der Waals surface area contributed by atoms with Gasteiger partial charge in [0.05, 0.1) is 14.2 Å². The number of halogens is 3. The Labute approximate surface area is 179 Å². The Morgan fingerprint density at radius 2 is 1.74 bits per heavy atom. The molecule has 0 unspecified atom stereocenters. The lowest BCUT2D eigenvalue weighted by Crippen LogP contribution is -2.32. The molecule has 1 saturated carbocycles. The second kappa shape index (κ2) is 9.94. The molecule has 168 valence electrons. The lowest BCUT2D eigenvalue weighted by Gasteiger charge is -2.24. The molecule has 1 fully saturated rings. The van der Waals surface area contributed by atoms with E-state index >= 15 is 0 Å². The van der Waals surface area contributed by atoms with Crippen molar-refractivity contribution < 1.29 is 32.2 Å². The number of rotatable bonds is 10. The van der Waals surface area contributed by atoms with Crippen molar-refractivity contribution >= 4 is 5.91 Å². The Hall–Kier alpha value is -2.90. The summed E-state index contributed by atoms with van der Waals surface area (Å²) in [6, 6.07) is 12.6. The number of para-hydroxylation sites is 1. The Kier molecular flexibility index (Phi) is 7.30. The smallest absolute Gasteiger partial charge is 0.422 e. The molecular formula is C23H26F3NO4. The molecule has 0 bridgehead atoms. The summed E-state index contributed by atoms with van der Waals surface area (Å²) in [6.07, 6.45) is -1.72. The molecule has 5 nitrogen and oxygen atoms in total. The van der Waals surface area contributed by atoms with Crippen molar-refractivity contribution in [2.24, 2.45) is 0 Å². The number of carbonyl (C=O) groups excluding carboxylic acids is 1. The average molecular weight is 437 g/mol. The van der Waals surface area contributed by atoms with Crippen LogP contribution in [-0.2, 0) is 17.8 Å². The summed E-state index contributed by atoms with van der Waals surface area (Å²) in [4.78, 5) is 14.8. The summed E-state index contributed by atoms with van der Waals surface area (Å²) in [5.41, 5.74) is 1.75. The quantitative estimate of drug-likeness (QED) is 0.537. The minimum Gasteiger partial charge on any atom is -0.496 e. The molecule has 1 aliphatic carbocycles. The van der Waals surface area contributed by atoms with Crippen molar-refractivity contribution in [3.63, 3.8) is 0 Å². The number of aryl methyl sites for hydroxylation is 1. The minimum absolute atomic E-state index is 0.0191. The van der Waals surface area contributed by atoms with Crippen molar-refractivity contribution in [2.75, 3.05) is 20.8 Å². The van der Waals surface area contributed by atoms with E-state index in [-0.39, 0.29) is 29.9 Å². The van der Waals surface area contributed by atoms with Crippen LogP contribution < -0.4 is 14.2 Å². The summed E-state index contributed by atoms with van der Waals surface area (Å²) in [6.45, 7) is -0.901. The van der Waals surface area contributed by atoms with Gasteiger partial charge in [-0.2, -0.15) is 13.2 Å². The Morgan fingerprint density at radius 1 is 1.03 bits per heavy atom. The van der Waals surface area contributed by atoms with Gasteiger partial charge >= 0.3 is 6.18 Å². The standard InChI is InChI=1S/C23H26F3NO4/c1-29-19-6-4-3-5-17(19)14-27(18-9-10-18)22(28)12-8-16-7-11-20(21(13-16)30-2)31-15-23(24,25)26/h3-7,11,13,18H,8-10,12,14-15H2,1-2H3. The highest BCUT2D eigenvalue weighted by Gasteiger charge is 2.33. The Morgan fingerprint density at radius 3 is 2.39 bits per heavy atom. The van der Waals surface area contributed by atoms with Gasteiger partial charge in [0.1, 0.15) is 5.75 Å². The summed E-state index contributed by atoms with van der Waals surface area (Å²) in [5, 5.41) is 0. The van der Waals surface area contributed by atoms with Gasteiger partial charge in [0, 0.05) is 24.6 Å². The van der Waals surface area contributed by atoms with Crippen LogP contribution in [0.1, 0.15) is 30.4 Å². The zero-order chi connectivity index (χ0) is 22.4. The van der Waals surface area contributed by atoms with Crippen LogP contribution >= 0.6 is 0 Å². The van der Waals surface area contributed by atoms with Gasteiger partial charge in [-0.05, 0) is 43.0 Å². The fraction of sp³-hybridized carbons (Fsp3) is 0.435. The van der Waals surface area contributed by atoms with E-state index in [1.807, 2.05) is 29.2 Å². The van der Waals surface area contributed by atoms with Crippen LogP contribution in [0, 0.1) is 0 Å². The van der Waals surface area contributed by atoms with E-state index in [0.29, 0.717) is 13.0 Å². The largest absolute Gasteiger partial charge is 0.496 e. The van der Waals surface area contributed by atoms with E-state index in [0.717, 1.165) is 29.7 Å². The van der Waals surface area contributed by atoms with Gasteiger partial charge in [-0.3, -0.25) is 4.79 Å². The molecule has 2 aromatic carbocycles. The molecule has 1 amide bonds. The molecule has 0 saturated heterocycles. The van der Waals surface area contributed by atoms with Gasteiger partial charge < -0.3 is 19.1 Å². The highest BCUT2D eigenvalue weighted by atomic mass is 19.4. The second-order valence-corrected chi connectivity index (χ2v) is 7.45. The zero-order valence-corrected chi connectivity index (χ0v) is 17.6. The van der Waals surface area contributed by atoms with Gasteiger partial charge in [-0.15, -0.1) is 0 Å². The third-order valence-corrected chi connectivity index (χ3v) is 5.09. The van der Waals surface area contributed by atoms with E-state index in [1.165, 1.54) is 13.2 Å². The molecular weight excluding hydrogens is 411 g/mol. The molecule has 31 heavy (non-hydrogen) atoms. The number of amides is 1. The molecule has 0 aliphatic heterocycles. The topological polar surface area (TPSA) is 48.0 Å². The number of alkyl halides is 3. The average Bonchev–Trinajstić information content (AvgIpc) is 3.59. The molecule has 0 radical (unpaired) electrons. The lowest BCUT2D eigenvalue weighted by molar-refractivity contribution is -0.153. The van der Waals surface area contributed by atoms with Crippen LogP contribution in [0.25, 0.3) is 0 Å². The zero-order valence-electron chi connectivity index (χ0n) is 17.6. The van der Waals surface area contributed by atoms with Gasteiger partial charge in [0.2, 0.25) is 5.91 Å². The van der Waals surface area contributed by atoms with E-state index in [4.69, 9.17) is 14.2 Å². The summed E-state index contributed by atoms with van der Waals surface area (Å²) in [7, 11) is 2.98. The van der Waals surface area contributed by atoms with E-state index in [2.05, 4.69) is 0 Å². The van der Waals surface area contributed by atoms with Crippen LogP contribution in [0.3, 0.4) is 0 Å². The van der Waals surface area contributed by atoms with Crippen molar-refractivity contribution in [1.29, 1.82) is 0 Å². The number of hydrogen-bond donors (Lipinski definition) is 0. The molecule has 0 spiro atoms. The highest BCUT2D eigenvalue weighted by Crippen LogP contribution is 2.32. The predicted molar refractivity (Wildman–Crippen MR) is 109 cm³/mol. The van der Waals surface area contributed by atoms with Gasteiger partial charge in [0.25, 0.3) is 0 Å². The number of carbonyl (C=O) groups is 1. The van der Waals surface area contributed by atoms with Crippen LogP contribution in [0.2, 0.25) is 0 Å². The maximum Gasteiger partial charge on any atom is 0.422 e. The fourth-order valence-electron chi connectivity index (χ4n) is 3.37. The second-order valence-electron chi connectivity index (χ2n) is 7.45. The van der Waals surface area contributed by atoms with E-state index in [1.54, 1.807) is 19.2 Å². The van der Waals surface area contributed by atoms with Crippen LogP contribution in [0.5, 0.6) is 17.2 Å². The molecule has 2 aromatic rings. The van der Waals surface area contributed by atoms with Crippen molar-refractivity contribution in [1.82, 2.24) is 4.90 Å². The van der Waals surface area contributed by atoms with E-state index < -0.39 is 12.8 Å². The molecule has 0 aromatic heterocycles. The van der Waals surface area contributed by atoms with E-state index in [9.17, 15) is 18.0 Å². The SMILES string of the molecule is COc1ccccc1CN(C(=O)CCc1ccc(OCC(F)(F)F)c(OC)c1)C1CC1. The summed E-state index contributed by atoms with van der Waals surface area (Å²) < 4.78 is 52.6. The molecule has 0 atom stereocenters. The first kappa shape index (κ1) is 22.8. The predicted octanol–water partition coefficient (Wildman–Crippen LogP) is 4.77. The number of methoxy groups -OCH3 is 2. The Bertz CT molecular complexity index is 897. The Balaban J connectivity index is 1.63. The maximum atomic E-state index is 12.9. The number of ether oxygens (including phenoxy) is 3. The lowest BCUT2D eigenvalue weighted by atomic mass is 10.1. The van der Waals surface area contributed by atoms with Crippen molar-refractivity contribution in [2.45, 2.75) is 44.4 Å². The first-order valence-electron chi connectivity index (χ1n) is 10.1. The van der Waals surface area contributed by atoms with Crippen molar-refractivity contribution in [3.05, 3.63) is 53.6 Å². The first-order chi connectivity index (χ1) is 14.8. The third kappa shape index (κ3) is 6.54. The van der Waals surface area contributed by atoms with Gasteiger partial charge in [-0.1, -0.05) is 24.3 Å².